The molecule has 2 N–H and O–H groups in total. The van der Waals surface area contributed by atoms with Gasteiger partial charge in [0.05, 0.1) is 11.7 Å². The van der Waals surface area contributed by atoms with Crippen molar-refractivity contribution >= 4 is 23.5 Å². The van der Waals surface area contributed by atoms with Crippen LogP contribution in [0.5, 0.6) is 0 Å². The molecule has 21 heavy (non-hydrogen) atoms. The number of allylic oxidation sites excluding steroid dienone is 1. The van der Waals surface area contributed by atoms with Crippen molar-refractivity contribution in [3.8, 4) is 0 Å². The third-order valence-electron chi connectivity index (χ3n) is 3.40. The fraction of sp³-hybridized carbons (Fsp3) is 0.200. The number of thioether (sulfide) groups is 1. The van der Waals surface area contributed by atoms with Crippen molar-refractivity contribution in [3.63, 3.8) is 0 Å². The van der Waals surface area contributed by atoms with Gasteiger partial charge in [0.25, 0.3) is 0 Å². The quantitative estimate of drug-likeness (QED) is 0.853. The van der Waals surface area contributed by atoms with Crippen LogP contribution < -0.4 is 5.32 Å². The Hall–Kier alpha value is -2.21. The Kier molecular flexibility index (Phi) is 3.47. The lowest BCUT2D eigenvalue weighted by Crippen LogP contribution is -2.23. The molecule has 3 rings (SSSR count). The Labute approximate surface area is 126 Å². The van der Waals surface area contributed by atoms with Crippen molar-refractivity contribution in [3.05, 3.63) is 53.4 Å². The first kappa shape index (κ1) is 13.8. The maximum atomic E-state index is 11.3. The molecule has 0 amide bonds. The molecule has 0 saturated carbocycles. The van der Waals surface area contributed by atoms with Crippen LogP contribution >= 0.6 is 11.8 Å². The minimum absolute atomic E-state index is 0.182. The highest BCUT2D eigenvalue weighted by molar-refractivity contribution is 7.98. The predicted molar refractivity (Wildman–Crippen MR) is 82.7 cm³/mol. The number of nitrogens with one attached hydrogen (secondary N) is 1. The fourth-order valence-corrected chi connectivity index (χ4v) is 2.80. The van der Waals surface area contributed by atoms with Gasteiger partial charge < -0.3 is 10.4 Å². The number of benzene rings is 1. The molecule has 2 heterocycles. The molecular formula is C15H15N3O2S. The lowest BCUT2D eigenvalue weighted by molar-refractivity contribution is -0.132. The molecule has 108 valence electrons. The van der Waals surface area contributed by atoms with Crippen LogP contribution in [-0.4, -0.2) is 27.1 Å². The number of anilines is 1. The van der Waals surface area contributed by atoms with E-state index in [1.54, 1.807) is 17.8 Å². The Morgan fingerprint density at radius 1 is 1.38 bits per heavy atom. The predicted octanol–water partition coefficient (Wildman–Crippen LogP) is 2.90. The second-order valence-corrected chi connectivity index (χ2v) is 5.72. The second kappa shape index (κ2) is 5.29. The average molecular weight is 301 g/mol. The molecule has 2 aromatic rings. The van der Waals surface area contributed by atoms with E-state index in [1.807, 2.05) is 48.2 Å². The summed E-state index contributed by atoms with van der Waals surface area (Å²) in [4.78, 5) is 12.5. The molecule has 0 radical (unpaired) electrons. The first-order valence-corrected chi connectivity index (χ1v) is 7.73. The number of aryl methyl sites for hydroxylation is 1. The van der Waals surface area contributed by atoms with E-state index in [0.29, 0.717) is 5.82 Å². The number of carboxylic acid groups (broad SMARTS) is 1. The first-order valence-electron chi connectivity index (χ1n) is 6.50. The fourth-order valence-electron chi connectivity index (χ4n) is 2.39. The molecule has 1 atom stereocenters. The van der Waals surface area contributed by atoms with Crippen LogP contribution in [0, 0.1) is 6.92 Å². The number of hydrogen-bond donors (Lipinski definition) is 2. The highest BCUT2D eigenvalue weighted by atomic mass is 32.2. The maximum absolute atomic E-state index is 11.3. The van der Waals surface area contributed by atoms with Crippen LogP contribution in [0.1, 0.15) is 17.3 Å². The third kappa shape index (κ3) is 2.54. The van der Waals surface area contributed by atoms with E-state index in [2.05, 4.69) is 10.4 Å². The van der Waals surface area contributed by atoms with E-state index in [0.717, 1.165) is 11.3 Å². The number of rotatable bonds is 3. The lowest BCUT2D eigenvalue weighted by atomic mass is 10.0. The zero-order valence-electron chi connectivity index (χ0n) is 11.7. The smallest absolute Gasteiger partial charge is 0.352 e. The molecule has 1 unspecified atom stereocenters. The summed E-state index contributed by atoms with van der Waals surface area (Å²) in [5.74, 6) is -0.266. The van der Waals surface area contributed by atoms with E-state index in [9.17, 15) is 9.90 Å². The highest BCUT2D eigenvalue weighted by Gasteiger charge is 2.25. The maximum Gasteiger partial charge on any atom is 0.352 e. The topological polar surface area (TPSA) is 67.2 Å². The minimum Gasteiger partial charge on any atom is -0.477 e. The molecule has 0 saturated heterocycles. The molecule has 1 aromatic carbocycles. The van der Waals surface area contributed by atoms with E-state index in [4.69, 9.17) is 0 Å². The molecule has 0 fully saturated rings. The SMILES string of the molecule is CSc1ccc(C2C=C(C(=O)O)Nc3cc(C)nn32)cc1. The van der Waals surface area contributed by atoms with Crippen LogP contribution in [-0.2, 0) is 4.79 Å². The standard InChI is InChI=1S/C15H15N3O2S/c1-9-7-14-16-12(15(19)20)8-13(18(14)17-9)10-3-5-11(21-2)6-4-10/h3-8,13,16H,1-2H3,(H,19,20). The number of aromatic nitrogens is 2. The third-order valence-corrected chi connectivity index (χ3v) is 4.14. The first-order chi connectivity index (χ1) is 10.1. The van der Waals surface area contributed by atoms with Gasteiger partial charge in [-0.2, -0.15) is 5.10 Å². The van der Waals surface area contributed by atoms with Gasteiger partial charge in [-0.25, -0.2) is 9.48 Å². The van der Waals surface area contributed by atoms with Crippen molar-refractivity contribution in [2.24, 2.45) is 0 Å². The summed E-state index contributed by atoms with van der Waals surface area (Å²) in [5, 5.41) is 16.6. The van der Waals surface area contributed by atoms with Crippen molar-refractivity contribution in [2.45, 2.75) is 17.9 Å². The summed E-state index contributed by atoms with van der Waals surface area (Å²) in [6.07, 6.45) is 3.72. The molecule has 0 bridgehead atoms. The summed E-state index contributed by atoms with van der Waals surface area (Å²) >= 11 is 1.68. The second-order valence-electron chi connectivity index (χ2n) is 4.84. The monoisotopic (exact) mass is 301 g/mol. The summed E-state index contributed by atoms with van der Waals surface area (Å²) in [6.45, 7) is 1.89. The van der Waals surface area contributed by atoms with Crippen molar-refractivity contribution in [1.82, 2.24) is 9.78 Å². The molecule has 5 nitrogen and oxygen atoms in total. The van der Waals surface area contributed by atoms with Crippen molar-refractivity contribution < 1.29 is 9.90 Å². The Balaban J connectivity index is 2.07. The van der Waals surface area contributed by atoms with E-state index < -0.39 is 5.97 Å². The van der Waals surface area contributed by atoms with Crippen LogP contribution in [0.15, 0.2) is 47.0 Å². The van der Waals surface area contributed by atoms with Gasteiger partial charge in [0, 0.05) is 11.0 Å². The number of fused-ring (bicyclic) bond motifs is 1. The molecule has 1 aromatic heterocycles. The zero-order valence-corrected chi connectivity index (χ0v) is 12.5. The Bertz CT molecular complexity index is 719. The zero-order chi connectivity index (χ0) is 15.0. The van der Waals surface area contributed by atoms with E-state index in [1.165, 1.54) is 4.90 Å². The summed E-state index contributed by atoms with van der Waals surface area (Å²) in [7, 11) is 0. The highest BCUT2D eigenvalue weighted by Crippen LogP contribution is 2.31. The van der Waals surface area contributed by atoms with E-state index in [-0.39, 0.29) is 11.7 Å². The van der Waals surface area contributed by atoms with Crippen LogP contribution in [0.2, 0.25) is 0 Å². The number of carboxylic acids is 1. The Morgan fingerprint density at radius 2 is 2.10 bits per heavy atom. The van der Waals surface area contributed by atoms with Gasteiger partial charge in [-0.3, -0.25) is 0 Å². The van der Waals surface area contributed by atoms with Crippen LogP contribution in [0.25, 0.3) is 0 Å². The summed E-state index contributed by atoms with van der Waals surface area (Å²) in [6, 6.07) is 9.73. The van der Waals surface area contributed by atoms with Gasteiger partial charge >= 0.3 is 5.97 Å². The largest absolute Gasteiger partial charge is 0.477 e. The average Bonchev–Trinajstić information content (AvgIpc) is 2.86. The van der Waals surface area contributed by atoms with E-state index >= 15 is 0 Å². The molecule has 0 spiro atoms. The van der Waals surface area contributed by atoms with Crippen molar-refractivity contribution in [2.75, 3.05) is 11.6 Å². The molecule has 0 aliphatic carbocycles. The number of hydrogen-bond acceptors (Lipinski definition) is 4. The summed E-state index contributed by atoms with van der Waals surface area (Å²) < 4.78 is 1.82. The van der Waals surface area contributed by atoms with Gasteiger partial charge in [0.2, 0.25) is 0 Å². The lowest BCUT2D eigenvalue weighted by Gasteiger charge is -2.23. The van der Waals surface area contributed by atoms with Gasteiger partial charge in [0.1, 0.15) is 11.5 Å². The summed E-state index contributed by atoms with van der Waals surface area (Å²) in [5.41, 5.74) is 2.04. The van der Waals surface area contributed by atoms with Gasteiger partial charge in [-0.05, 0) is 37.0 Å². The van der Waals surface area contributed by atoms with Crippen molar-refractivity contribution in [1.29, 1.82) is 0 Å². The molecule has 6 heteroatoms. The van der Waals surface area contributed by atoms with Gasteiger partial charge in [-0.1, -0.05) is 12.1 Å². The number of nitrogens with zero attached hydrogens (tertiary/aromatic N) is 2. The molecule has 1 aliphatic heterocycles. The normalized spacial score (nSPS) is 16.9. The number of aliphatic carboxylic acids is 1. The number of carbonyl (C=O) groups is 1. The van der Waals surface area contributed by atoms with Gasteiger partial charge in [0.15, 0.2) is 0 Å². The van der Waals surface area contributed by atoms with Crippen LogP contribution in [0.3, 0.4) is 0 Å². The molecule has 1 aliphatic rings. The van der Waals surface area contributed by atoms with Gasteiger partial charge in [-0.15, -0.1) is 11.8 Å². The molecular weight excluding hydrogens is 286 g/mol. The minimum atomic E-state index is -0.967. The Morgan fingerprint density at radius 3 is 2.71 bits per heavy atom. The van der Waals surface area contributed by atoms with Crippen LogP contribution in [0.4, 0.5) is 5.82 Å².